The van der Waals surface area contributed by atoms with Crippen molar-refractivity contribution in [2.45, 2.75) is 33.1 Å². The van der Waals surface area contributed by atoms with E-state index in [1.54, 1.807) is 6.07 Å². The first-order valence-electron chi connectivity index (χ1n) is 6.64. The second-order valence-corrected chi connectivity index (χ2v) is 4.57. The Morgan fingerprint density at radius 3 is 2.67 bits per heavy atom. The van der Waals surface area contributed by atoms with Crippen molar-refractivity contribution in [2.24, 2.45) is 0 Å². The number of nitrogens with zero attached hydrogens (tertiary/aromatic N) is 1. The third-order valence-corrected chi connectivity index (χ3v) is 2.62. The molecular formula is C14H18N2O5. The summed E-state index contributed by atoms with van der Waals surface area (Å²) in [6.07, 6.45) is 1.50. The van der Waals surface area contributed by atoms with Gasteiger partial charge < -0.3 is 10.1 Å². The number of Topliss-reactive ketones (excluding diaryl/α,β-unsaturated/α-hetero) is 1. The van der Waals surface area contributed by atoms with Gasteiger partial charge >= 0.3 is 0 Å². The lowest BCUT2D eigenvalue weighted by Crippen LogP contribution is -2.15. The number of hydrogen-bond donors (Lipinski definition) is 1. The Hall–Kier alpha value is -2.44. The van der Waals surface area contributed by atoms with Gasteiger partial charge in [0.2, 0.25) is 5.91 Å². The average Bonchev–Trinajstić information content (AvgIpc) is 2.39. The Morgan fingerprint density at radius 1 is 1.38 bits per heavy atom. The van der Waals surface area contributed by atoms with Gasteiger partial charge in [0.05, 0.1) is 24.0 Å². The molecule has 0 atom stereocenters. The number of benzene rings is 1. The molecule has 1 aromatic rings. The molecule has 21 heavy (non-hydrogen) atoms. The van der Waals surface area contributed by atoms with Crippen LogP contribution in [-0.4, -0.2) is 23.2 Å². The maximum absolute atomic E-state index is 11.5. The van der Waals surface area contributed by atoms with Crippen LogP contribution < -0.4 is 10.1 Å². The maximum Gasteiger partial charge on any atom is 0.296 e. The predicted molar refractivity (Wildman–Crippen MR) is 77.4 cm³/mol. The number of ketones is 1. The van der Waals surface area contributed by atoms with Crippen molar-refractivity contribution in [1.29, 1.82) is 0 Å². The van der Waals surface area contributed by atoms with E-state index in [9.17, 15) is 19.7 Å². The van der Waals surface area contributed by atoms with Crippen LogP contribution >= 0.6 is 0 Å². The zero-order valence-corrected chi connectivity index (χ0v) is 12.0. The lowest BCUT2D eigenvalue weighted by Gasteiger charge is -2.08. The van der Waals surface area contributed by atoms with Crippen molar-refractivity contribution in [3.63, 3.8) is 0 Å². The van der Waals surface area contributed by atoms with Crippen molar-refractivity contribution in [2.75, 3.05) is 11.9 Å². The third-order valence-electron chi connectivity index (χ3n) is 2.62. The van der Waals surface area contributed by atoms with E-state index >= 15 is 0 Å². The Kier molecular flexibility index (Phi) is 6.32. The first-order valence-corrected chi connectivity index (χ1v) is 6.64. The van der Waals surface area contributed by atoms with Crippen LogP contribution in [0.25, 0.3) is 0 Å². The van der Waals surface area contributed by atoms with Crippen molar-refractivity contribution in [1.82, 2.24) is 0 Å². The molecule has 0 aromatic heterocycles. The molecule has 0 spiro atoms. The summed E-state index contributed by atoms with van der Waals surface area (Å²) in [6.45, 7) is 3.77. The van der Waals surface area contributed by atoms with Crippen LogP contribution in [0.3, 0.4) is 0 Å². The van der Waals surface area contributed by atoms with Crippen LogP contribution in [0.1, 0.15) is 33.1 Å². The normalized spacial score (nSPS) is 10.0. The fourth-order valence-electron chi connectivity index (χ4n) is 1.61. The molecule has 0 unspecified atom stereocenters. The van der Waals surface area contributed by atoms with Crippen LogP contribution in [0.15, 0.2) is 18.2 Å². The van der Waals surface area contributed by atoms with E-state index in [-0.39, 0.29) is 23.6 Å². The fraction of sp³-hybridized carbons (Fsp3) is 0.429. The van der Waals surface area contributed by atoms with Gasteiger partial charge in [-0.15, -0.1) is 0 Å². The summed E-state index contributed by atoms with van der Waals surface area (Å²) in [4.78, 5) is 32.8. The maximum atomic E-state index is 11.5. The molecule has 114 valence electrons. The minimum atomic E-state index is -0.601. The number of carbonyl (C=O) groups excluding carboxylic acids is 2. The largest absolute Gasteiger partial charge is 0.493 e. The third kappa shape index (κ3) is 5.60. The fourth-order valence-corrected chi connectivity index (χ4v) is 1.61. The van der Waals surface area contributed by atoms with Gasteiger partial charge in [-0.25, -0.2) is 0 Å². The Labute approximate surface area is 122 Å². The van der Waals surface area contributed by atoms with Crippen LogP contribution in [0.5, 0.6) is 5.75 Å². The standard InChI is InChI=1S/C14H18N2O5/c1-3-4-7-21-11-5-6-12(13(9-11)16(19)20)15-14(18)8-10(2)17/h5-6,9H,3-4,7-8H2,1-2H3,(H,15,18). The van der Waals surface area contributed by atoms with Crippen molar-refractivity contribution in [3.8, 4) is 5.75 Å². The molecule has 1 amide bonds. The number of amides is 1. The molecule has 0 aliphatic carbocycles. The lowest BCUT2D eigenvalue weighted by atomic mass is 10.2. The lowest BCUT2D eigenvalue weighted by molar-refractivity contribution is -0.384. The number of unbranched alkanes of at least 4 members (excludes halogenated alkanes) is 1. The molecule has 0 saturated heterocycles. The minimum Gasteiger partial charge on any atom is -0.493 e. The molecule has 0 saturated carbocycles. The smallest absolute Gasteiger partial charge is 0.296 e. The van der Waals surface area contributed by atoms with E-state index < -0.39 is 10.8 Å². The topological polar surface area (TPSA) is 98.5 Å². The number of carbonyl (C=O) groups is 2. The Morgan fingerprint density at radius 2 is 2.10 bits per heavy atom. The van der Waals surface area contributed by atoms with Gasteiger partial charge in [-0.05, 0) is 25.5 Å². The van der Waals surface area contributed by atoms with Crippen LogP contribution in [0.4, 0.5) is 11.4 Å². The summed E-state index contributed by atoms with van der Waals surface area (Å²) in [5, 5.41) is 13.4. The first-order chi connectivity index (χ1) is 9.93. The highest BCUT2D eigenvalue weighted by atomic mass is 16.6. The minimum absolute atomic E-state index is 0.0501. The Bertz CT molecular complexity index is 542. The molecule has 0 bridgehead atoms. The second kappa shape index (κ2) is 7.98. The van der Waals surface area contributed by atoms with E-state index in [0.29, 0.717) is 12.4 Å². The van der Waals surface area contributed by atoms with Gasteiger partial charge in [0.1, 0.15) is 17.2 Å². The number of nitrogens with one attached hydrogen (secondary N) is 1. The zero-order valence-electron chi connectivity index (χ0n) is 12.0. The molecular weight excluding hydrogens is 276 g/mol. The van der Waals surface area contributed by atoms with Gasteiger partial charge in [0.15, 0.2) is 0 Å². The molecule has 0 radical (unpaired) electrons. The molecule has 0 aliphatic rings. The summed E-state index contributed by atoms with van der Waals surface area (Å²) in [5.41, 5.74) is -0.213. The predicted octanol–water partition coefficient (Wildman–Crippen LogP) is 2.69. The van der Waals surface area contributed by atoms with E-state index in [0.717, 1.165) is 12.8 Å². The van der Waals surface area contributed by atoms with E-state index in [4.69, 9.17) is 4.74 Å². The van der Waals surface area contributed by atoms with Crippen LogP contribution in [0.2, 0.25) is 0 Å². The van der Waals surface area contributed by atoms with E-state index in [1.807, 2.05) is 6.92 Å². The van der Waals surface area contributed by atoms with Crippen LogP contribution in [-0.2, 0) is 9.59 Å². The number of nitro groups is 1. The second-order valence-electron chi connectivity index (χ2n) is 4.57. The van der Waals surface area contributed by atoms with Gasteiger partial charge in [-0.1, -0.05) is 13.3 Å². The van der Waals surface area contributed by atoms with Crippen molar-refractivity contribution >= 4 is 23.1 Å². The summed E-state index contributed by atoms with van der Waals surface area (Å²) < 4.78 is 5.39. The average molecular weight is 294 g/mol. The highest BCUT2D eigenvalue weighted by Crippen LogP contribution is 2.29. The highest BCUT2D eigenvalue weighted by Gasteiger charge is 2.17. The molecule has 0 aliphatic heterocycles. The number of hydrogen-bond acceptors (Lipinski definition) is 5. The first kappa shape index (κ1) is 16.6. The SMILES string of the molecule is CCCCOc1ccc(NC(=O)CC(C)=O)c([N+](=O)[O-])c1. The zero-order chi connectivity index (χ0) is 15.8. The quantitative estimate of drug-likeness (QED) is 0.344. The monoisotopic (exact) mass is 294 g/mol. The van der Waals surface area contributed by atoms with Crippen LogP contribution in [0, 0.1) is 10.1 Å². The van der Waals surface area contributed by atoms with Gasteiger partial charge in [0, 0.05) is 0 Å². The summed E-state index contributed by atoms with van der Waals surface area (Å²) in [6, 6.07) is 4.21. The van der Waals surface area contributed by atoms with E-state index in [1.165, 1.54) is 19.1 Å². The Balaban J connectivity index is 2.86. The molecule has 7 heteroatoms. The summed E-state index contributed by atoms with van der Waals surface area (Å²) >= 11 is 0. The number of anilines is 1. The number of rotatable bonds is 8. The van der Waals surface area contributed by atoms with Crippen molar-refractivity contribution < 1.29 is 19.2 Å². The number of nitro benzene ring substituents is 1. The summed E-state index contributed by atoms with van der Waals surface area (Å²) in [5.74, 6) is -0.514. The highest BCUT2D eigenvalue weighted by molar-refractivity contribution is 6.04. The van der Waals surface area contributed by atoms with Gasteiger partial charge in [0.25, 0.3) is 5.69 Å². The van der Waals surface area contributed by atoms with Crippen molar-refractivity contribution in [3.05, 3.63) is 28.3 Å². The molecule has 0 fully saturated rings. The summed E-state index contributed by atoms with van der Waals surface area (Å²) in [7, 11) is 0. The molecule has 1 aromatic carbocycles. The molecule has 1 N–H and O–H groups in total. The molecule has 1 rings (SSSR count). The van der Waals surface area contributed by atoms with Gasteiger partial charge in [-0.3, -0.25) is 19.7 Å². The number of ether oxygens (including phenoxy) is 1. The van der Waals surface area contributed by atoms with Gasteiger partial charge in [-0.2, -0.15) is 0 Å². The molecule has 0 heterocycles. The molecule has 7 nitrogen and oxygen atoms in total. The van der Waals surface area contributed by atoms with E-state index in [2.05, 4.69) is 5.32 Å².